The molecule has 1 amide bonds. The second-order valence-corrected chi connectivity index (χ2v) is 6.23. The molecule has 0 radical (unpaired) electrons. The Morgan fingerprint density at radius 3 is 2.37 bits per heavy atom. The van der Waals surface area contributed by atoms with Crippen molar-refractivity contribution in [2.75, 3.05) is 33.4 Å². The van der Waals surface area contributed by atoms with Crippen molar-refractivity contribution in [1.82, 2.24) is 4.90 Å². The van der Waals surface area contributed by atoms with Crippen molar-refractivity contribution in [3.05, 3.63) is 0 Å². The summed E-state index contributed by atoms with van der Waals surface area (Å²) in [5.74, 6) is 0.0582. The summed E-state index contributed by atoms with van der Waals surface area (Å²) in [6.45, 7) is 8.70. The van der Waals surface area contributed by atoms with Crippen LogP contribution >= 0.6 is 0 Å². The highest BCUT2D eigenvalue weighted by Crippen LogP contribution is 2.21. The van der Waals surface area contributed by atoms with E-state index in [1.807, 2.05) is 25.7 Å². The Labute approximate surface area is 116 Å². The maximum atomic E-state index is 12.3. The largest absolute Gasteiger partial charge is 0.382 e. The lowest BCUT2D eigenvalue weighted by Gasteiger charge is -2.36. The number of hydrogen-bond donors (Lipinski definition) is 1. The first-order chi connectivity index (χ1) is 8.86. The number of piperidine rings is 1. The number of nitrogens with two attached hydrogens (primary N) is 1. The van der Waals surface area contributed by atoms with Crippen LogP contribution in [0.2, 0.25) is 0 Å². The third-order valence-corrected chi connectivity index (χ3v) is 3.59. The molecule has 0 aliphatic carbocycles. The number of methoxy groups -OCH3 is 1. The first-order valence-electron chi connectivity index (χ1n) is 7.01. The molecule has 1 fully saturated rings. The van der Waals surface area contributed by atoms with Gasteiger partial charge < -0.3 is 20.1 Å². The number of ether oxygens (including phenoxy) is 2. The minimum Gasteiger partial charge on any atom is -0.382 e. The van der Waals surface area contributed by atoms with Crippen LogP contribution < -0.4 is 5.73 Å². The predicted molar refractivity (Wildman–Crippen MR) is 74.9 cm³/mol. The van der Waals surface area contributed by atoms with Gasteiger partial charge in [-0.15, -0.1) is 0 Å². The number of carbonyl (C=O) groups excluding carboxylic acids is 1. The van der Waals surface area contributed by atoms with Gasteiger partial charge >= 0.3 is 0 Å². The predicted octanol–water partition coefficient (Wildman–Crippen LogP) is 1.01. The van der Waals surface area contributed by atoms with E-state index < -0.39 is 6.04 Å². The second kappa shape index (κ2) is 7.22. The van der Waals surface area contributed by atoms with E-state index in [1.165, 1.54) is 0 Å². The van der Waals surface area contributed by atoms with Crippen LogP contribution in [0.1, 0.15) is 33.6 Å². The average Bonchev–Trinajstić information content (AvgIpc) is 2.37. The van der Waals surface area contributed by atoms with Crippen molar-refractivity contribution in [3.63, 3.8) is 0 Å². The number of likely N-dealkylation sites (tertiary alicyclic amines) is 1. The van der Waals surface area contributed by atoms with Gasteiger partial charge in [-0.1, -0.05) is 20.8 Å². The highest BCUT2D eigenvalue weighted by atomic mass is 16.5. The number of nitrogens with zero attached hydrogens (tertiary/aromatic N) is 1. The molecule has 1 heterocycles. The molecule has 5 heteroatoms. The molecule has 1 atom stereocenters. The summed E-state index contributed by atoms with van der Waals surface area (Å²) in [4.78, 5) is 14.1. The zero-order valence-electron chi connectivity index (χ0n) is 12.6. The molecular weight excluding hydrogens is 244 g/mol. The number of rotatable bonds is 5. The number of hydrogen-bond acceptors (Lipinski definition) is 4. The molecule has 1 saturated heterocycles. The SMILES string of the molecule is COCCOC1CCN(C(=O)[C@@H](N)C(C)(C)C)CC1. The molecule has 0 saturated carbocycles. The summed E-state index contributed by atoms with van der Waals surface area (Å²) in [6, 6.07) is -0.432. The Morgan fingerprint density at radius 1 is 1.32 bits per heavy atom. The van der Waals surface area contributed by atoms with Gasteiger partial charge in [0.2, 0.25) is 5.91 Å². The van der Waals surface area contributed by atoms with Gasteiger partial charge in [0.05, 0.1) is 25.4 Å². The van der Waals surface area contributed by atoms with Crippen molar-refractivity contribution in [3.8, 4) is 0 Å². The molecule has 19 heavy (non-hydrogen) atoms. The van der Waals surface area contributed by atoms with Crippen LogP contribution in [0.5, 0.6) is 0 Å². The van der Waals surface area contributed by atoms with Crippen LogP contribution in [-0.2, 0) is 14.3 Å². The molecule has 0 bridgehead atoms. The zero-order valence-corrected chi connectivity index (χ0v) is 12.6. The van der Waals surface area contributed by atoms with Gasteiger partial charge in [0.15, 0.2) is 0 Å². The number of carbonyl (C=O) groups is 1. The third kappa shape index (κ3) is 5.09. The van der Waals surface area contributed by atoms with Crippen LogP contribution in [0.3, 0.4) is 0 Å². The van der Waals surface area contributed by atoms with Crippen molar-refractivity contribution in [2.24, 2.45) is 11.1 Å². The Hall–Kier alpha value is -0.650. The van der Waals surface area contributed by atoms with E-state index >= 15 is 0 Å². The van der Waals surface area contributed by atoms with E-state index in [-0.39, 0.29) is 17.4 Å². The van der Waals surface area contributed by atoms with Gasteiger partial charge in [-0.3, -0.25) is 4.79 Å². The van der Waals surface area contributed by atoms with Gasteiger partial charge in [-0.25, -0.2) is 0 Å². The summed E-state index contributed by atoms with van der Waals surface area (Å²) in [7, 11) is 1.67. The molecule has 1 rings (SSSR count). The Balaban J connectivity index is 2.35. The maximum absolute atomic E-state index is 12.3. The molecule has 2 N–H and O–H groups in total. The normalized spacial score (nSPS) is 19.5. The van der Waals surface area contributed by atoms with E-state index in [1.54, 1.807) is 7.11 Å². The van der Waals surface area contributed by atoms with Crippen LogP contribution in [0.25, 0.3) is 0 Å². The summed E-state index contributed by atoms with van der Waals surface area (Å²) in [6.07, 6.45) is 2.00. The van der Waals surface area contributed by atoms with E-state index in [0.717, 1.165) is 25.9 Å². The van der Waals surface area contributed by atoms with Crippen LogP contribution in [0, 0.1) is 5.41 Å². The van der Waals surface area contributed by atoms with Gasteiger partial charge in [0.1, 0.15) is 0 Å². The van der Waals surface area contributed by atoms with Gasteiger partial charge in [-0.05, 0) is 18.3 Å². The lowest BCUT2D eigenvalue weighted by molar-refractivity contribution is -0.137. The van der Waals surface area contributed by atoms with Crippen LogP contribution in [-0.4, -0.2) is 56.4 Å². The molecule has 112 valence electrons. The fourth-order valence-electron chi connectivity index (χ4n) is 2.11. The van der Waals surface area contributed by atoms with Gasteiger partial charge in [0.25, 0.3) is 0 Å². The summed E-state index contributed by atoms with van der Waals surface area (Å²) >= 11 is 0. The molecule has 0 aromatic carbocycles. The molecule has 5 nitrogen and oxygen atoms in total. The molecule has 0 spiro atoms. The van der Waals surface area contributed by atoms with Gasteiger partial charge in [-0.2, -0.15) is 0 Å². The molecule has 0 aromatic heterocycles. The molecule has 0 unspecified atom stereocenters. The molecular formula is C14H28N2O3. The van der Waals surface area contributed by atoms with Crippen molar-refractivity contribution < 1.29 is 14.3 Å². The lowest BCUT2D eigenvalue weighted by atomic mass is 9.86. The van der Waals surface area contributed by atoms with E-state index in [2.05, 4.69) is 0 Å². The topological polar surface area (TPSA) is 64.8 Å². The minimum absolute atomic E-state index is 0.0582. The smallest absolute Gasteiger partial charge is 0.240 e. The highest BCUT2D eigenvalue weighted by Gasteiger charge is 2.32. The maximum Gasteiger partial charge on any atom is 0.240 e. The Morgan fingerprint density at radius 2 is 1.89 bits per heavy atom. The third-order valence-electron chi connectivity index (χ3n) is 3.59. The first kappa shape index (κ1) is 16.4. The second-order valence-electron chi connectivity index (χ2n) is 6.23. The zero-order chi connectivity index (χ0) is 14.5. The van der Waals surface area contributed by atoms with Crippen molar-refractivity contribution in [1.29, 1.82) is 0 Å². The van der Waals surface area contributed by atoms with E-state index in [9.17, 15) is 4.79 Å². The average molecular weight is 272 g/mol. The Kier molecular flexibility index (Phi) is 6.23. The minimum atomic E-state index is -0.432. The monoisotopic (exact) mass is 272 g/mol. The van der Waals surface area contributed by atoms with Crippen molar-refractivity contribution in [2.45, 2.75) is 45.8 Å². The standard InChI is InChI=1S/C14H28N2O3/c1-14(2,3)12(15)13(17)16-7-5-11(6-8-16)19-10-9-18-4/h11-12H,5-10,15H2,1-4H3/t12-/m1/s1. The molecule has 1 aliphatic heterocycles. The first-order valence-corrected chi connectivity index (χ1v) is 7.01. The number of amides is 1. The van der Waals surface area contributed by atoms with Crippen molar-refractivity contribution >= 4 is 5.91 Å². The van der Waals surface area contributed by atoms with E-state index in [4.69, 9.17) is 15.2 Å². The fraction of sp³-hybridized carbons (Fsp3) is 0.929. The summed E-state index contributed by atoms with van der Waals surface area (Å²) in [5, 5.41) is 0. The summed E-state index contributed by atoms with van der Waals surface area (Å²) < 4.78 is 10.6. The molecule has 0 aromatic rings. The fourth-order valence-corrected chi connectivity index (χ4v) is 2.11. The highest BCUT2D eigenvalue weighted by molar-refractivity contribution is 5.82. The van der Waals surface area contributed by atoms with Crippen LogP contribution in [0.15, 0.2) is 0 Å². The van der Waals surface area contributed by atoms with Gasteiger partial charge in [0, 0.05) is 20.2 Å². The summed E-state index contributed by atoms with van der Waals surface area (Å²) in [5.41, 5.74) is 5.83. The lowest BCUT2D eigenvalue weighted by Crippen LogP contribution is -2.53. The molecule has 1 aliphatic rings. The van der Waals surface area contributed by atoms with Crippen LogP contribution in [0.4, 0.5) is 0 Å². The Bertz CT molecular complexity index is 281. The quantitative estimate of drug-likeness (QED) is 0.759. The van der Waals surface area contributed by atoms with E-state index in [0.29, 0.717) is 13.2 Å².